The van der Waals surface area contributed by atoms with Crippen molar-refractivity contribution < 1.29 is 20.4 Å². The van der Waals surface area contributed by atoms with Crippen LogP contribution >= 0.6 is 0 Å². The van der Waals surface area contributed by atoms with Crippen molar-refractivity contribution in [3.63, 3.8) is 0 Å². The minimum absolute atomic E-state index is 0.0329. The SMILES string of the molecule is CC(C)CCC[C@](C)(O)[C@H]1CC[C@]2(C)[C@@H]1C(O)C[C@@H]1[C@@]3(C)CC[C@H](O)C(C)(C)C3[C@@H](O)C[C@]12C. The maximum absolute atomic E-state index is 11.8. The van der Waals surface area contributed by atoms with Gasteiger partial charge in [0.15, 0.2) is 0 Å². The van der Waals surface area contributed by atoms with Gasteiger partial charge in [-0.25, -0.2) is 0 Å². The molecule has 4 fully saturated rings. The molecule has 4 aliphatic carbocycles. The van der Waals surface area contributed by atoms with Crippen molar-refractivity contribution in [1.82, 2.24) is 0 Å². The Morgan fingerprint density at radius 2 is 1.56 bits per heavy atom. The molecule has 0 aromatic rings. The van der Waals surface area contributed by atoms with E-state index in [1.807, 2.05) is 6.92 Å². The van der Waals surface area contributed by atoms with Crippen LogP contribution in [-0.4, -0.2) is 44.3 Å². The third kappa shape index (κ3) is 3.67. The van der Waals surface area contributed by atoms with Crippen molar-refractivity contribution in [2.45, 2.75) is 137 Å². The molecule has 4 aliphatic rings. The molecule has 4 rings (SSSR count). The molecule has 0 aromatic heterocycles. The summed E-state index contributed by atoms with van der Waals surface area (Å²) in [6.07, 6.45) is 6.80. The fraction of sp³-hybridized carbons (Fsp3) is 1.00. The summed E-state index contributed by atoms with van der Waals surface area (Å²) in [6, 6.07) is 0. The van der Waals surface area contributed by atoms with Gasteiger partial charge >= 0.3 is 0 Å². The molecule has 11 atom stereocenters. The molecule has 0 amide bonds. The van der Waals surface area contributed by atoms with E-state index in [0.29, 0.717) is 11.8 Å². The monoisotopic (exact) mass is 478 g/mol. The molecule has 0 bridgehead atoms. The second-order valence-corrected chi connectivity index (χ2v) is 15.1. The highest BCUT2D eigenvalue weighted by Crippen LogP contribution is 2.75. The average Bonchev–Trinajstić information content (AvgIpc) is 3.07. The molecule has 4 N–H and O–H groups in total. The third-order valence-electron chi connectivity index (χ3n) is 12.5. The van der Waals surface area contributed by atoms with Gasteiger partial charge in [-0.3, -0.25) is 0 Å². The Morgan fingerprint density at radius 1 is 0.912 bits per heavy atom. The smallest absolute Gasteiger partial charge is 0.0651 e. The van der Waals surface area contributed by atoms with Gasteiger partial charge in [-0.1, -0.05) is 61.3 Å². The van der Waals surface area contributed by atoms with Crippen LogP contribution in [-0.2, 0) is 0 Å². The maximum atomic E-state index is 11.8. The number of hydrogen-bond acceptors (Lipinski definition) is 4. The molecular weight excluding hydrogens is 424 g/mol. The second-order valence-electron chi connectivity index (χ2n) is 15.1. The zero-order chi connectivity index (χ0) is 25.5. The van der Waals surface area contributed by atoms with E-state index < -0.39 is 23.9 Å². The quantitative estimate of drug-likeness (QED) is 0.417. The highest BCUT2D eigenvalue weighted by Gasteiger charge is 2.72. The van der Waals surface area contributed by atoms with E-state index >= 15 is 0 Å². The summed E-state index contributed by atoms with van der Waals surface area (Å²) in [4.78, 5) is 0. The molecule has 0 aliphatic heterocycles. The number of aliphatic hydroxyl groups excluding tert-OH is 3. The Labute approximate surface area is 208 Å². The minimum Gasteiger partial charge on any atom is -0.393 e. The summed E-state index contributed by atoms with van der Waals surface area (Å²) in [5.74, 6) is 1.15. The molecule has 0 saturated heterocycles. The molecule has 198 valence electrons. The lowest BCUT2D eigenvalue weighted by atomic mass is 9.34. The summed E-state index contributed by atoms with van der Waals surface area (Å²) in [5, 5.41) is 46.0. The minimum atomic E-state index is -0.766. The normalized spacial score (nSPS) is 52.0. The van der Waals surface area contributed by atoms with Crippen molar-refractivity contribution in [2.75, 3.05) is 0 Å². The van der Waals surface area contributed by atoms with E-state index in [4.69, 9.17) is 0 Å². The Hall–Kier alpha value is -0.160. The number of fused-ring (bicyclic) bond motifs is 5. The molecule has 4 heteroatoms. The van der Waals surface area contributed by atoms with E-state index in [-0.39, 0.29) is 39.4 Å². The van der Waals surface area contributed by atoms with E-state index in [9.17, 15) is 20.4 Å². The topological polar surface area (TPSA) is 80.9 Å². The van der Waals surface area contributed by atoms with Crippen molar-refractivity contribution in [1.29, 1.82) is 0 Å². The van der Waals surface area contributed by atoms with Gasteiger partial charge in [0, 0.05) is 0 Å². The first-order valence-corrected chi connectivity index (χ1v) is 14.3. The summed E-state index contributed by atoms with van der Waals surface area (Å²) in [6.45, 7) is 17.9. The van der Waals surface area contributed by atoms with Crippen LogP contribution in [0.3, 0.4) is 0 Å². The van der Waals surface area contributed by atoms with Crippen LogP contribution in [0.15, 0.2) is 0 Å². The fourth-order valence-corrected chi connectivity index (χ4v) is 10.7. The molecule has 34 heavy (non-hydrogen) atoms. The van der Waals surface area contributed by atoms with Crippen molar-refractivity contribution in [2.24, 2.45) is 51.2 Å². The first kappa shape index (κ1) is 26.9. The highest BCUT2D eigenvalue weighted by atomic mass is 16.3. The Morgan fingerprint density at radius 3 is 2.18 bits per heavy atom. The van der Waals surface area contributed by atoms with Crippen LogP contribution in [0.1, 0.15) is 113 Å². The number of rotatable bonds is 5. The van der Waals surface area contributed by atoms with Gasteiger partial charge in [-0.15, -0.1) is 0 Å². The molecular formula is C30H54O4. The lowest BCUT2D eigenvalue weighted by Crippen LogP contribution is -2.69. The molecule has 0 radical (unpaired) electrons. The van der Waals surface area contributed by atoms with Gasteiger partial charge in [0.2, 0.25) is 0 Å². The predicted octanol–water partition coefficient (Wildman–Crippen LogP) is 5.55. The van der Waals surface area contributed by atoms with E-state index in [1.165, 1.54) is 0 Å². The summed E-state index contributed by atoms with van der Waals surface area (Å²) >= 11 is 0. The third-order valence-corrected chi connectivity index (χ3v) is 12.5. The van der Waals surface area contributed by atoms with Gasteiger partial charge in [0.25, 0.3) is 0 Å². The zero-order valence-electron chi connectivity index (χ0n) is 23.3. The largest absolute Gasteiger partial charge is 0.393 e. The standard InChI is InChI=1S/C30H54O4/c1-18(2)10-9-13-30(8,34)19-11-15-28(6)24(19)20(31)16-22-27(5)14-12-23(33)26(3,4)25(27)21(32)17-29(22,28)7/h18-25,31-34H,9-17H2,1-8H3/t19-,20?,21-,22+,23-,24-,25?,27+,28+,29+,30-/m0/s1. The van der Waals surface area contributed by atoms with Gasteiger partial charge in [0.1, 0.15) is 0 Å². The molecule has 0 heterocycles. The summed E-state index contributed by atoms with van der Waals surface area (Å²) < 4.78 is 0. The number of hydrogen-bond donors (Lipinski definition) is 4. The van der Waals surface area contributed by atoms with Crippen LogP contribution in [0.2, 0.25) is 0 Å². The summed E-state index contributed by atoms with van der Waals surface area (Å²) in [7, 11) is 0. The van der Waals surface area contributed by atoms with Crippen LogP contribution in [0.5, 0.6) is 0 Å². The fourth-order valence-electron chi connectivity index (χ4n) is 10.7. The average molecular weight is 479 g/mol. The number of aliphatic hydroxyl groups is 4. The van der Waals surface area contributed by atoms with Crippen LogP contribution in [0, 0.1) is 51.2 Å². The molecule has 0 aromatic carbocycles. The van der Waals surface area contributed by atoms with E-state index in [2.05, 4.69) is 48.5 Å². The van der Waals surface area contributed by atoms with Crippen molar-refractivity contribution >= 4 is 0 Å². The van der Waals surface area contributed by atoms with E-state index in [1.54, 1.807) is 0 Å². The van der Waals surface area contributed by atoms with Crippen molar-refractivity contribution in [3.05, 3.63) is 0 Å². The van der Waals surface area contributed by atoms with Crippen LogP contribution in [0.25, 0.3) is 0 Å². The first-order chi connectivity index (χ1) is 15.5. The van der Waals surface area contributed by atoms with Crippen molar-refractivity contribution in [3.8, 4) is 0 Å². The van der Waals surface area contributed by atoms with Crippen LogP contribution < -0.4 is 0 Å². The predicted molar refractivity (Wildman–Crippen MR) is 137 cm³/mol. The second kappa shape index (κ2) is 8.43. The summed E-state index contributed by atoms with van der Waals surface area (Å²) in [5.41, 5.74) is -1.42. The zero-order valence-corrected chi connectivity index (χ0v) is 23.3. The Bertz CT molecular complexity index is 761. The molecule has 0 spiro atoms. The molecule has 4 nitrogen and oxygen atoms in total. The Balaban J connectivity index is 1.68. The van der Waals surface area contributed by atoms with Gasteiger partial charge in [0.05, 0.1) is 23.9 Å². The molecule has 2 unspecified atom stereocenters. The first-order valence-electron chi connectivity index (χ1n) is 14.3. The van der Waals surface area contributed by atoms with Crippen LogP contribution in [0.4, 0.5) is 0 Å². The Kier molecular flexibility index (Phi) is 6.67. The lowest BCUT2D eigenvalue weighted by Gasteiger charge is -2.71. The van der Waals surface area contributed by atoms with Gasteiger partial charge in [-0.05, 0) is 103 Å². The van der Waals surface area contributed by atoms with E-state index in [0.717, 1.165) is 57.8 Å². The van der Waals surface area contributed by atoms with Gasteiger partial charge in [-0.2, -0.15) is 0 Å². The van der Waals surface area contributed by atoms with Gasteiger partial charge < -0.3 is 20.4 Å². The lowest BCUT2D eigenvalue weighted by molar-refractivity contribution is -0.274. The molecule has 4 saturated carbocycles. The highest BCUT2D eigenvalue weighted by molar-refractivity contribution is 5.21. The maximum Gasteiger partial charge on any atom is 0.0651 e.